The number of hydrogen-bond acceptors (Lipinski definition) is 0. The van der Waals surface area contributed by atoms with Crippen molar-refractivity contribution in [2.24, 2.45) is 0 Å². The van der Waals surface area contributed by atoms with Gasteiger partial charge in [-0.25, -0.2) is 0 Å². The monoisotopic (exact) mass is 1330 g/mol. The summed E-state index contributed by atoms with van der Waals surface area (Å²) in [5.74, 6) is 1.52. The summed E-state index contributed by atoms with van der Waals surface area (Å²) in [6, 6.07) is 45.9. The Bertz CT molecular complexity index is 3360. The van der Waals surface area contributed by atoms with Gasteiger partial charge in [0.05, 0.1) is 0 Å². The molecule has 0 bridgehead atoms. The van der Waals surface area contributed by atoms with E-state index in [1.807, 2.05) is 0 Å². The first kappa shape index (κ1) is 60.8. The summed E-state index contributed by atoms with van der Waals surface area (Å²) >= 11 is -11.6. The van der Waals surface area contributed by atoms with Crippen LogP contribution in [-0.2, 0) is 28.1 Å². The van der Waals surface area contributed by atoms with Crippen LogP contribution in [0.15, 0.2) is 144 Å². The Labute approximate surface area is 495 Å². The van der Waals surface area contributed by atoms with Crippen LogP contribution in [0.5, 0.6) is 0 Å². The number of hydrogen-bond donors (Lipinski definition) is 0. The fraction of sp³-hybridized carbons (Fsp3) is 0.389. The zero-order valence-electron chi connectivity index (χ0n) is 50.6. The van der Waals surface area contributed by atoms with Gasteiger partial charge < -0.3 is 0 Å². The van der Waals surface area contributed by atoms with E-state index in [0.29, 0.717) is 23.7 Å². The molecule has 6 aromatic carbocycles. The third-order valence-corrected chi connectivity index (χ3v) is 131. The summed E-state index contributed by atoms with van der Waals surface area (Å²) in [5.41, 5.74) is 27.0. The predicted octanol–water partition coefficient (Wildman–Crippen LogP) is 23.2. The topological polar surface area (TPSA) is 0 Å². The van der Waals surface area contributed by atoms with E-state index in [4.69, 9.17) is 0 Å². The molecule has 0 fully saturated rings. The first-order valence-corrected chi connectivity index (χ1v) is 67.2. The van der Waals surface area contributed by atoms with E-state index in [-0.39, 0.29) is 14.5 Å². The van der Waals surface area contributed by atoms with E-state index in [1.54, 1.807) is 0 Å². The van der Waals surface area contributed by atoms with Gasteiger partial charge in [-0.05, 0) is 0 Å². The molecule has 10 rings (SSSR count). The molecule has 4 atom stereocenters. The quantitative estimate of drug-likeness (QED) is 0.0560. The SMILES string of the molecule is C[SiH2][Zr]([Cl])([Cl])([CH2]CCCC[CH2][Zr]([Cl])([Cl])([SiH2]C)([CH]1C(C)=Cc2c(-c3ccccc3)cccc21)[CH]1C(C)=Cc2c(C(C)C)cc(C(C)C)cc21)([CH]1C(C)=Cc2c(-c3ccccc3)cccc21)[CH]1C(C)=Cc2c(C(C)C)cc(C(C)C)cc21. The van der Waals surface area contributed by atoms with Crippen molar-refractivity contribution < 1.29 is 28.1 Å². The third kappa shape index (κ3) is 9.50. The van der Waals surface area contributed by atoms with E-state index in [1.165, 1.54) is 111 Å². The van der Waals surface area contributed by atoms with Crippen LogP contribution < -0.4 is 0 Å². The maximum absolute atomic E-state index is 9.55. The van der Waals surface area contributed by atoms with Crippen LogP contribution in [0.2, 0.25) is 21.4 Å². The van der Waals surface area contributed by atoms with E-state index in [9.17, 15) is 34.1 Å². The minimum absolute atomic E-state index is 0.00670. The van der Waals surface area contributed by atoms with Gasteiger partial charge in [0, 0.05) is 0 Å². The number of unbranched alkanes of at least 4 members (excludes halogenated alkanes) is 3. The Balaban J connectivity index is 1.08. The fourth-order valence-electron chi connectivity index (χ4n) is 17.7. The van der Waals surface area contributed by atoms with E-state index >= 15 is 0 Å². The molecule has 4 unspecified atom stereocenters. The first-order valence-electron chi connectivity index (χ1n) is 30.8. The average Bonchev–Trinajstić information content (AvgIpc) is 4.33. The molecule has 0 saturated carbocycles. The van der Waals surface area contributed by atoms with E-state index in [2.05, 4.69) is 242 Å². The summed E-state index contributed by atoms with van der Waals surface area (Å²) in [6.07, 6.45) is 14.0. The molecule has 0 amide bonds. The van der Waals surface area contributed by atoms with Crippen molar-refractivity contribution in [1.82, 2.24) is 0 Å². The second-order valence-electron chi connectivity index (χ2n) is 27.7. The Morgan fingerprint density at radius 1 is 0.375 bits per heavy atom. The van der Waals surface area contributed by atoms with Crippen molar-refractivity contribution in [2.75, 3.05) is 0 Å². The Kier molecular flexibility index (Phi) is 16.1. The molecule has 4 aliphatic carbocycles. The molecule has 0 heterocycles. The Morgan fingerprint density at radius 3 is 1.01 bits per heavy atom. The second-order valence-corrected chi connectivity index (χ2v) is 134. The molecule has 0 N–H and O–H groups in total. The molecule has 422 valence electrons. The third-order valence-electron chi connectivity index (χ3n) is 21.5. The van der Waals surface area contributed by atoms with Crippen molar-refractivity contribution in [3.8, 4) is 22.3 Å². The summed E-state index contributed by atoms with van der Waals surface area (Å²) in [5, 5.41) is 0. The van der Waals surface area contributed by atoms with Gasteiger partial charge in [-0.2, -0.15) is 0 Å². The number of fused-ring (bicyclic) bond motifs is 4. The minimum atomic E-state index is -5.79. The Morgan fingerprint density at radius 2 is 0.700 bits per heavy atom. The maximum atomic E-state index is 9.55. The van der Waals surface area contributed by atoms with Crippen LogP contribution in [0.1, 0.15) is 214 Å². The van der Waals surface area contributed by atoms with Crippen molar-refractivity contribution in [3.63, 3.8) is 0 Å². The molecule has 80 heavy (non-hydrogen) atoms. The molecule has 6 aromatic rings. The molecule has 0 spiro atoms. The summed E-state index contributed by atoms with van der Waals surface area (Å²) in [6.45, 7) is 31.1. The normalized spacial score (nSPS) is 20.7. The van der Waals surface area contributed by atoms with Gasteiger partial charge in [0.2, 0.25) is 0 Å². The zero-order valence-corrected chi connectivity index (χ0v) is 61.4. The van der Waals surface area contributed by atoms with Gasteiger partial charge in [0.25, 0.3) is 0 Å². The van der Waals surface area contributed by atoms with Gasteiger partial charge in [0.15, 0.2) is 0 Å². The predicted molar refractivity (Wildman–Crippen MR) is 359 cm³/mol. The molecular formula is C72H90Cl4Si2Zr2. The van der Waals surface area contributed by atoms with Gasteiger partial charge in [-0.3, -0.25) is 0 Å². The van der Waals surface area contributed by atoms with Crippen molar-refractivity contribution >= 4 is 71.6 Å². The van der Waals surface area contributed by atoms with Crippen LogP contribution in [0, 0.1) is 0 Å². The van der Waals surface area contributed by atoms with Crippen LogP contribution >= 0.6 is 34.1 Å². The van der Waals surface area contributed by atoms with Gasteiger partial charge in [0.1, 0.15) is 0 Å². The molecule has 0 aromatic heterocycles. The molecule has 0 saturated heterocycles. The van der Waals surface area contributed by atoms with Crippen molar-refractivity contribution in [3.05, 3.63) is 210 Å². The number of halogens is 4. The molecule has 4 aliphatic rings. The van der Waals surface area contributed by atoms with E-state index < -0.39 is 41.4 Å². The van der Waals surface area contributed by atoms with Crippen molar-refractivity contribution in [1.29, 1.82) is 0 Å². The van der Waals surface area contributed by atoms with Crippen LogP contribution in [0.3, 0.4) is 0 Å². The van der Waals surface area contributed by atoms with Crippen LogP contribution in [0.25, 0.3) is 46.6 Å². The number of rotatable bonds is 19. The molecule has 8 heteroatoms. The Hall–Kier alpha value is -2.36. The van der Waals surface area contributed by atoms with E-state index in [0.717, 1.165) is 33.9 Å². The number of allylic oxidation sites excluding steroid dienone is 4. The standard InChI is InChI=1S/2C16H13.2C16H21.C6H12.2CH5Si.4ClH.2Zr/c2*1-12-10-14-8-5-9-15(16(14)11-12)13-6-3-2-4-7-13;2*1-10(2)13-8-14-6-12(5)7-16(14)15(9-13)11(3)4;1-3-5-6-4-2;2*1-2;;;;;;/h2*2-11H,1H3;2*6-11H,1-5H3;1-6H2;2*2H2,1H3;4*1H;;/q;;;;;;;;;;;2*+2/p-4. The van der Waals surface area contributed by atoms with Crippen molar-refractivity contribution in [2.45, 2.75) is 168 Å². The fourth-order valence-corrected chi connectivity index (χ4v) is 104. The van der Waals surface area contributed by atoms with Crippen LogP contribution in [0.4, 0.5) is 0 Å². The van der Waals surface area contributed by atoms with Gasteiger partial charge in [-0.15, -0.1) is 0 Å². The molecular weight excluding hydrogens is 1250 g/mol. The second kappa shape index (κ2) is 21.3. The van der Waals surface area contributed by atoms with Gasteiger partial charge in [-0.1, -0.05) is 0 Å². The molecule has 0 aliphatic heterocycles. The summed E-state index contributed by atoms with van der Waals surface area (Å²) < 4.78 is 1.77. The number of benzene rings is 6. The summed E-state index contributed by atoms with van der Waals surface area (Å²) in [4.78, 5) is 0. The van der Waals surface area contributed by atoms with Crippen LogP contribution in [-0.4, -0.2) is 13.3 Å². The van der Waals surface area contributed by atoms with Gasteiger partial charge >= 0.3 is 501 Å². The average molecular weight is 1340 g/mol. The zero-order chi connectivity index (χ0) is 57.6. The first-order chi connectivity index (χ1) is 37.7. The molecule has 0 radical (unpaired) electrons. The molecule has 0 nitrogen and oxygen atoms in total. The summed E-state index contributed by atoms with van der Waals surface area (Å²) in [7, 11) is 38.2.